The SMILES string of the molecule is O=C(CN1C(=O)c2ccccc2C(F)(F)C1=O)Nc1cc(Cl)ccc1F. The van der Waals surface area contributed by atoms with Crippen LogP contribution < -0.4 is 5.32 Å². The average molecular weight is 383 g/mol. The molecule has 0 fully saturated rings. The molecule has 1 aliphatic rings. The Kier molecular flexibility index (Phi) is 4.45. The normalized spacial score (nSPS) is 15.6. The molecule has 9 heteroatoms. The number of nitrogens with one attached hydrogen (secondary N) is 1. The number of rotatable bonds is 3. The van der Waals surface area contributed by atoms with Crippen LogP contribution in [0.3, 0.4) is 0 Å². The maximum atomic E-state index is 14.3. The van der Waals surface area contributed by atoms with Crippen molar-refractivity contribution >= 4 is 35.0 Å². The van der Waals surface area contributed by atoms with Crippen molar-refractivity contribution in [1.29, 1.82) is 0 Å². The summed E-state index contributed by atoms with van der Waals surface area (Å²) in [6.07, 6.45) is 0. The summed E-state index contributed by atoms with van der Waals surface area (Å²) in [7, 11) is 0. The van der Waals surface area contributed by atoms with Gasteiger partial charge >= 0.3 is 11.8 Å². The van der Waals surface area contributed by atoms with Crippen LogP contribution in [0.1, 0.15) is 15.9 Å². The molecule has 0 bridgehead atoms. The maximum Gasteiger partial charge on any atom is 0.351 e. The quantitative estimate of drug-likeness (QED) is 0.829. The Hall–Kier alpha value is -2.87. The highest BCUT2D eigenvalue weighted by Crippen LogP contribution is 2.37. The van der Waals surface area contributed by atoms with Crippen LogP contribution in [0.5, 0.6) is 0 Å². The van der Waals surface area contributed by atoms with Crippen molar-refractivity contribution in [2.75, 3.05) is 11.9 Å². The second-order valence-electron chi connectivity index (χ2n) is 5.49. The van der Waals surface area contributed by atoms with Gasteiger partial charge in [-0.1, -0.05) is 29.8 Å². The first-order chi connectivity index (χ1) is 12.2. The van der Waals surface area contributed by atoms with E-state index >= 15 is 0 Å². The molecule has 0 unspecified atom stereocenters. The molecule has 2 aromatic rings. The highest BCUT2D eigenvalue weighted by molar-refractivity contribution is 6.31. The first-order valence-corrected chi connectivity index (χ1v) is 7.68. The van der Waals surface area contributed by atoms with Gasteiger partial charge in [-0.25, -0.2) is 4.39 Å². The van der Waals surface area contributed by atoms with Crippen LogP contribution in [0.2, 0.25) is 5.02 Å². The van der Waals surface area contributed by atoms with Gasteiger partial charge in [0.1, 0.15) is 12.4 Å². The van der Waals surface area contributed by atoms with E-state index in [1.54, 1.807) is 0 Å². The van der Waals surface area contributed by atoms with Gasteiger partial charge in [-0.2, -0.15) is 8.78 Å². The number of nitrogens with zero attached hydrogens (tertiary/aromatic N) is 1. The molecule has 0 atom stereocenters. The van der Waals surface area contributed by atoms with Crippen molar-refractivity contribution in [3.8, 4) is 0 Å². The summed E-state index contributed by atoms with van der Waals surface area (Å²) in [4.78, 5) is 36.5. The van der Waals surface area contributed by atoms with Crippen molar-refractivity contribution in [3.63, 3.8) is 0 Å². The van der Waals surface area contributed by atoms with Crippen LogP contribution in [0.25, 0.3) is 0 Å². The molecule has 2 aromatic carbocycles. The molecule has 26 heavy (non-hydrogen) atoms. The monoisotopic (exact) mass is 382 g/mol. The third-order valence-electron chi connectivity index (χ3n) is 3.76. The summed E-state index contributed by atoms with van der Waals surface area (Å²) >= 11 is 5.70. The van der Waals surface area contributed by atoms with Crippen LogP contribution >= 0.6 is 11.6 Å². The van der Waals surface area contributed by atoms with E-state index in [9.17, 15) is 27.6 Å². The summed E-state index contributed by atoms with van der Waals surface area (Å²) in [5.41, 5.74) is -1.39. The first-order valence-electron chi connectivity index (χ1n) is 7.30. The zero-order valence-electron chi connectivity index (χ0n) is 12.9. The van der Waals surface area contributed by atoms with Gasteiger partial charge in [0, 0.05) is 16.1 Å². The molecule has 0 saturated heterocycles. The van der Waals surface area contributed by atoms with E-state index in [4.69, 9.17) is 11.6 Å². The fraction of sp³-hybridized carbons (Fsp3) is 0.118. The number of anilines is 1. The summed E-state index contributed by atoms with van der Waals surface area (Å²) in [6, 6.07) is 8.11. The number of fused-ring (bicyclic) bond motifs is 1. The van der Waals surface area contributed by atoms with Crippen molar-refractivity contribution in [1.82, 2.24) is 4.90 Å². The number of amides is 3. The van der Waals surface area contributed by atoms with E-state index in [2.05, 4.69) is 5.32 Å². The molecule has 0 saturated carbocycles. The van der Waals surface area contributed by atoms with Gasteiger partial charge in [0.05, 0.1) is 5.69 Å². The third kappa shape index (κ3) is 3.03. The summed E-state index contributed by atoms with van der Waals surface area (Å²) in [5, 5.41) is 2.23. The molecule has 134 valence electrons. The van der Waals surface area contributed by atoms with Crippen LogP contribution in [0.4, 0.5) is 18.9 Å². The molecule has 0 radical (unpaired) electrons. The lowest BCUT2D eigenvalue weighted by molar-refractivity contribution is -0.158. The Morgan fingerprint density at radius 3 is 2.58 bits per heavy atom. The molecule has 1 heterocycles. The molecule has 1 N–H and O–H groups in total. The van der Waals surface area contributed by atoms with E-state index in [1.807, 2.05) is 0 Å². The fourth-order valence-corrected chi connectivity index (χ4v) is 2.71. The van der Waals surface area contributed by atoms with Crippen LogP contribution in [-0.4, -0.2) is 29.2 Å². The Bertz CT molecular complexity index is 933. The predicted octanol–water partition coefficient (Wildman–Crippen LogP) is 3.19. The highest BCUT2D eigenvalue weighted by Gasteiger charge is 2.52. The molecule has 5 nitrogen and oxygen atoms in total. The number of imide groups is 1. The summed E-state index contributed by atoms with van der Waals surface area (Å²) < 4.78 is 42.2. The van der Waals surface area contributed by atoms with E-state index in [1.165, 1.54) is 18.2 Å². The van der Waals surface area contributed by atoms with Gasteiger partial charge in [0.25, 0.3) is 5.91 Å². The van der Waals surface area contributed by atoms with Crippen molar-refractivity contribution in [2.24, 2.45) is 0 Å². The standard InChI is InChI=1S/C17H10ClF3N2O3/c18-9-5-6-12(19)13(7-9)22-14(24)8-23-15(25)10-3-1-2-4-11(10)17(20,21)16(23)26/h1-7H,8H2,(H,22,24). The lowest BCUT2D eigenvalue weighted by Gasteiger charge is -2.31. The Balaban J connectivity index is 1.86. The number of hydrogen-bond acceptors (Lipinski definition) is 3. The summed E-state index contributed by atoms with van der Waals surface area (Å²) in [6.45, 7) is -0.993. The van der Waals surface area contributed by atoms with Crippen LogP contribution in [0.15, 0.2) is 42.5 Å². The molecule has 1 aliphatic heterocycles. The van der Waals surface area contributed by atoms with Gasteiger partial charge in [-0.3, -0.25) is 19.3 Å². The molecular formula is C17H10ClF3N2O3. The largest absolute Gasteiger partial charge is 0.351 e. The number of alkyl halides is 2. The third-order valence-corrected chi connectivity index (χ3v) is 3.99. The van der Waals surface area contributed by atoms with Crippen LogP contribution in [0, 0.1) is 5.82 Å². The minimum atomic E-state index is -3.95. The lowest BCUT2D eigenvalue weighted by atomic mass is 9.95. The van der Waals surface area contributed by atoms with Crippen LogP contribution in [-0.2, 0) is 15.5 Å². The minimum Gasteiger partial charge on any atom is -0.322 e. The predicted molar refractivity (Wildman–Crippen MR) is 86.4 cm³/mol. The molecule has 3 rings (SSSR count). The second kappa shape index (κ2) is 6.45. The van der Waals surface area contributed by atoms with Gasteiger partial charge in [0.2, 0.25) is 5.91 Å². The average Bonchev–Trinajstić information content (AvgIpc) is 2.60. The Labute approximate surface area is 150 Å². The first kappa shape index (κ1) is 17.9. The van der Waals surface area contributed by atoms with Gasteiger partial charge in [-0.15, -0.1) is 0 Å². The molecular weight excluding hydrogens is 373 g/mol. The number of halogens is 4. The maximum absolute atomic E-state index is 14.3. The topological polar surface area (TPSA) is 66.5 Å². The highest BCUT2D eigenvalue weighted by atomic mass is 35.5. The van der Waals surface area contributed by atoms with E-state index in [0.717, 1.165) is 24.3 Å². The molecule has 0 spiro atoms. The van der Waals surface area contributed by atoms with Gasteiger partial charge in [-0.05, 0) is 24.3 Å². The van der Waals surface area contributed by atoms with Gasteiger partial charge < -0.3 is 5.32 Å². The zero-order chi connectivity index (χ0) is 19.1. The Morgan fingerprint density at radius 2 is 1.85 bits per heavy atom. The number of benzene rings is 2. The molecule has 0 aromatic heterocycles. The second-order valence-corrected chi connectivity index (χ2v) is 5.93. The van der Waals surface area contributed by atoms with E-state index in [0.29, 0.717) is 0 Å². The number of carbonyl (C=O) groups excluding carboxylic acids is 3. The van der Waals surface area contributed by atoms with Gasteiger partial charge in [0.15, 0.2) is 0 Å². The fourth-order valence-electron chi connectivity index (χ4n) is 2.54. The smallest absolute Gasteiger partial charge is 0.322 e. The van der Waals surface area contributed by atoms with Crippen molar-refractivity contribution in [2.45, 2.75) is 5.92 Å². The zero-order valence-corrected chi connectivity index (χ0v) is 13.7. The lowest BCUT2D eigenvalue weighted by Crippen LogP contribution is -2.52. The van der Waals surface area contributed by atoms with Crippen molar-refractivity contribution < 1.29 is 27.6 Å². The van der Waals surface area contributed by atoms with Crippen molar-refractivity contribution in [3.05, 3.63) is 64.4 Å². The van der Waals surface area contributed by atoms with E-state index < -0.39 is 41.6 Å². The number of hydrogen-bond donors (Lipinski definition) is 1. The Morgan fingerprint density at radius 1 is 1.15 bits per heavy atom. The van der Waals surface area contributed by atoms with E-state index in [-0.39, 0.29) is 21.2 Å². The molecule has 3 amide bonds. The minimum absolute atomic E-state index is 0.132. The number of carbonyl (C=O) groups is 3. The summed E-state index contributed by atoms with van der Waals surface area (Å²) in [5.74, 6) is -8.63. The molecule has 0 aliphatic carbocycles.